The molecule has 0 amide bonds. The van der Waals surface area contributed by atoms with E-state index in [1.807, 2.05) is 105 Å². The Labute approximate surface area is 227 Å². The van der Waals surface area contributed by atoms with E-state index in [0.717, 1.165) is 33.3 Å². The van der Waals surface area contributed by atoms with Crippen LogP contribution in [-0.2, 0) is 11.2 Å². The molecule has 6 heteroatoms. The summed E-state index contributed by atoms with van der Waals surface area (Å²) >= 11 is 0. The summed E-state index contributed by atoms with van der Waals surface area (Å²) in [6.07, 6.45) is 9.73. The molecule has 39 heavy (non-hydrogen) atoms. The van der Waals surface area contributed by atoms with Crippen molar-refractivity contribution in [3.8, 4) is 6.07 Å². The highest BCUT2D eigenvalue weighted by Crippen LogP contribution is 2.26. The normalized spacial score (nSPS) is 11.8. The average molecular weight is 517 g/mol. The minimum atomic E-state index is -1.25. The molecule has 1 heterocycles. The summed E-state index contributed by atoms with van der Waals surface area (Å²) in [4.78, 5) is 25.8. The highest BCUT2D eigenvalue weighted by Gasteiger charge is 2.12. The third kappa shape index (κ3) is 6.41. The second-order valence-corrected chi connectivity index (χ2v) is 9.19. The fourth-order valence-electron chi connectivity index (χ4n) is 4.20. The van der Waals surface area contributed by atoms with Gasteiger partial charge in [-0.25, -0.2) is 9.59 Å². The maximum Gasteiger partial charge on any atom is 0.346 e. The Morgan fingerprint density at radius 2 is 1.44 bits per heavy atom. The van der Waals surface area contributed by atoms with Gasteiger partial charge in [-0.1, -0.05) is 73.7 Å². The summed E-state index contributed by atoms with van der Waals surface area (Å²) in [5, 5.41) is 18.8. The van der Waals surface area contributed by atoms with Crippen LogP contribution in [0, 0.1) is 11.3 Å². The lowest BCUT2D eigenvalue weighted by molar-refractivity contribution is -0.132. The maximum absolute atomic E-state index is 12.8. The van der Waals surface area contributed by atoms with E-state index in [2.05, 4.69) is 0 Å². The van der Waals surface area contributed by atoms with Gasteiger partial charge in [-0.3, -0.25) is 0 Å². The van der Waals surface area contributed by atoms with E-state index in [9.17, 15) is 9.59 Å². The van der Waals surface area contributed by atoms with Crippen molar-refractivity contribution in [3.05, 3.63) is 116 Å². The van der Waals surface area contributed by atoms with E-state index < -0.39 is 5.97 Å². The molecule has 0 bridgehead atoms. The smallest absolute Gasteiger partial charge is 0.346 e. The SMILES string of the molecule is CCc1c(/C=C/c2ccc(/C=C/c3ccc(C=C(C#N)C(=O)O)cc3)cc2)c(=O)oc2cc(N(C)C)ccc12. The van der Waals surface area contributed by atoms with Crippen LogP contribution in [-0.4, -0.2) is 25.2 Å². The third-order valence-electron chi connectivity index (χ3n) is 6.35. The molecule has 4 aromatic rings. The molecule has 0 aliphatic carbocycles. The van der Waals surface area contributed by atoms with Gasteiger partial charge in [-0.2, -0.15) is 5.26 Å². The molecule has 0 atom stereocenters. The molecule has 1 aromatic heterocycles. The molecular formula is C33H28N2O4. The Morgan fingerprint density at radius 1 is 0.897 bits per heavy atom. The zero-order chi connectivity index (χ0) is 27.9. The molecular weight excluding hydrogens is 488 g/mol. The number of hydrogen-bond acceptors (Lipinski definition) is 5. The number of carbonyl (C=O) groups is 1. The highest BCUT2D eigenvalue weighted by molar-refractivity contribution is 5.96. The van der Waals surface area contributed by atoms with E-state index in [4.69, 9.17) is 14.8 Å². The minimum Gasteiger partial charge on any atom is -0.477 e. The van der Waals surface area contributed by atoms with Gasteiger partial charge >= 0.3 is 11.6 Å². The van der Waals surface area contributed by atoms with Crippen LogP contribution in [0.5, 0.6) is 0 Å². The predicted octanol–water partition coefficient (Wildman–Crippen LogP) is 6.75. The van der Waals surface area contributed by atoms with Crippen LogP contribution in [0.2, 0.25) is 0 Å². The summed E-state index contributed by atoms with van der Waals surface area (Å²) in [6.45, 7) is 2.04. The lowest BCUT2D eigenvalue weighted by Crippen LogP contribution is -2.10. The fourth-order valence-corrected chi connectivity index (χ4v) is 4.20. The average Bonchev–Trinajstić information content (AvgIpc) is 2.94. The van der Waals surface area contributed by atoms with E-state index >= 15 is 0 Å². The predicted molar refractivity (Wildman–Crippen MR) is 158 cm³/mol. The van der Waals surface area contributed by atoms with Crippen LogP contribution in [0.4, 0.5) is 5.69 Å². The van der Waals surface area contributed by atoms with Crippen molar-refractivity contribution in [1.82, 2.24) is 0 Å². The largest absolute Gasteiger partial charge is 0.477 e. The number of nitriles is 1. The number of aliphatic carboxylic acids is 1. The van der Waals surface area contributed by atoms with Crippen molar-refractivity contribution in [2.75, 3.05) is 19.0 Å². The van der Waals surface area contributed by atoms with Gasteiger partial charge < -0.3 is 14.4 Å². The molecule has 0 aliphatic heterocycles. The van der Waals surface area contributed by atoms with Crippen molar-refractivity contribution < 1.29 is 14.3 Å². The number of aryl methyl sites for hydroxylation is 1. The van der Waals surface area contributed by atoms with Crippen molar-refractivity contribution in [3.63, 3.8) is 0 Å². The Bertz CT molecular complexity index is 1700. The Morgan fingerprint density at radius 3 is 1.92 bits per heavy atom. The van der Waals surface area contributed by atoms with Gasteiger partial charge in [0.05, 0.1) is 5.56 Å². The van der Waals surface area contributed by atoms with Crippen molar-refractivity contribution >= 4 is 53.0 Å². The van der Waals surface area contributed by atoms with Crippen LogP contribution in [0.15, 0.2) is 81.5 Å². The first kappa shape index (κ1) is 26.9. The number of hydrogen-bond donors (Lipinski definition) is 1. The molecule has 0 unspecified atom stereocenters. The van der Waals surface area contributed by atoms with Crippen molar-refractivity contribution in [2.45, 2.75) is 13.3 Å². The molecule has 1 N–H and O–H groups in total. The Balaban J connectivity index is 1.50. The van der Waals surface area contributed by atoms with Gasteiger partial charge in [0.25, 0.3) is 0 Å². The van der Waals surface area contributed by atoms with E-state index in [1.165, 1.54) is 6.08 Å². The highest BCUT2D eigenvalue weighted by atomic mass is 16.4. The van der Waals surface area contributed by atoms with Gasteiger partial charge in [0.15, 0.2) is 0 Å². The lowest BCUT2D eigenvalue weighted by Gasteiger charge is -2.14. The summed E-state index contributed by atoms with van der Waals surface area (Å²) < 4.78 is 5.66. The van der Waals surface area contributed by atoms with Crippen LogP contribution >= 0.6 is 0 Å². The molecule has 3 aromatic carbocycles. The summed E-state index contributed by atoms with van der Waals surface area (Å²) in [5.41, 5.74) is 6.00. The zero-order valence-corrected chi connectivity index (χ0v) is 22.0. The molecule has 0 aliphatic rings. The molecule has 0 fully saturated rings. The molecule has 194 valence electrons. The van der Waals surface area contributed by atoms with Gasteiger partial charge in [0.1, 0.15) is 17.2 Å². The van der Waals surface area contributed by atoms with Crippen LogP contribution in [0.3, 0.4) is 0 Å². The van der Waals surface area contributed by atoms with E-state index in [0.29, 0.717) is 23.1 Å². The van der Waals surface area contributed by atoms with Crippen LogP contribution in [0.1, 0.15) is 40.3 Å². The number of carboxylic acid groups (broad SMARTS) is 1. The number of carboxylic acids is 1. The fraction of sp³-hybridized carbons (Fsp3) is 0.121. The molecule has 0 saturated heterocycles. The first-order valence-corrected chi connectivity index (χ1v) is 12.5. The Kier molecular flexibility index (Phi) is 8.23. The molecule has 0 saturated carbocycles. The number of benzene rings is 3. The van der Waals surface area contributed by atoms with E-state index in [-0.39, 0.29) is 11.2 Å². The summed E-state index contributed by atoms with van der Waals surface area (Å²) in [5.74, 6) is -1.25. The van der Waals surface area contributed by atoms with Gasteiger partial charge in [0.2, 0.25) is 0 Å². The first-order chi connectivity index (χ1) is 18.8. The molecule has 4 rings (SSSR count). The van der Waals surface area contributed by atoms with Gasteiger partial charge in [0, 0.05) is 31.2 Å². The summed E-state index contributed by atoms with van der Waals surface area (Å²) in [7, 11) is 3.90. The minimum absolute atomic E-state index is 0.307. The first-order valence-electron chi connectivity index (χ1n) is 12.5. The second-order valence-electron chi connectivity index (χ2n) is 9.19. The number of anilines is 1. The topological polar surface area (TPSA) is 94.5 Å². The second kappa shape index (κ2) is 11.9. The van der Waals surface area contributed by atoms with Crippen molar-refractivity contribution in [1.29, 1.82) is 5.26 Å². The standard InChI is InChI=1S/C33H28N2O4/c1-4-28-29-18-16-27(35(2)3)20-31(29)39-33(38)30(28)17-15-24-9-7-22(8-10-24)5-6-23-11-13-25(14-12-23)19-26(21-34)32(36)37/h5-20H,4H2,1-3H3,(H,36,37)/b6-5+,17-15+,26-19?. The third-order valence-corrected chi connectivity index (χ3v) is 6.35. The summed E-state index contributed by atoms with van der Waals surface area (Å²) in [6, 6.07) is 22.8. The van der Waals surface area contributed by atoms with Gasteiger partial charge in [-0.05, 0) is 58.5 Å². The zero-order valence-electron chi connectivity index (χ0n) is 22.0. The quantitative estimate of drug-likeness (QED) is 0.120. The van der Waals surface area contributed by atoms with Crippen LogP contribution in [0.25, 0.3) is 41.3 Å². The number of nitrogens with zero attached hydrogens (tertiary/aromatic N) is 2. The number of rotatable bonds is 8. The maximum atomic E-state index is 12.8. The molecule has 6 nitrogen and oxygen atoms in total. The van der Waals surface area contributed by atoms with E-state index in [1.54, 1.807) is 18.2 Å². The van der Waals surface area contributed by atoms with Crippen LogP contribution < -0.4 is 10.5 Å². The lowest BCUT2D eigenvalue weighted by atomic mass is 10.0. The van der Waals surface area contributed by atoms with Crippen molar-refractivity contribution in [2.24, 2.45) is 0 Å². The molecule has 0 radical (unpaired) electrons. The van der Waals surface area contributed by atoms with Gasteiger partial charge in [-0.15, -0.1) is 0 Å². The Hall–Kier alpha value is -5.15. The number of fused-ring (bicyclic) bond motifs is 1. The monoisotopic (exact) mass is 516 g/mol. The molecule has 0 spiro atoms.